The number of thioether (sulfide) groups is 1. The van der Waals surface area contributed by atoms with E-state index in [1.165, 1.54) is 5.56 Å². The maximum atomic E-state index is 12.6. The van der Waals surface area contributed by atoms with Crippen LogP contribution in [0, 0.1) is 6.92 Å². The molecule has 0 aliphatic carbocycles. The average molecular weight is 513 g/mol. The first kappa shape index (κ1) is 24.1. The summed E-state index contributed by atoms with van der Waals surface area (Å²) in [5.41, 5.74) is 6.93. The van der Waals surface area contributed by atoms with Crippen LogP contribution in [0.4, 0.5) is 0 Å². The van der Waals surface area contributed by atoms with Crippen molar-refractivity contribution >= 4 is 40.3 Å². The first-order valence-corrected chi connectivity index (χ1v) is 13.0. The molecule has 1 N–H and O–H groups in total. The Morgan fingerprint density at radius 1 is 0.972 bits per heavy atom. The van der Waals surface area contributed by atoms with Crippen molar-refractivity contribution in [1.82, 2.24) is 19.9 Å². The highest BCUT2D eigenvalue weighted by molar-refractivity contribution is 7.98. The number of imidazole rings is 1. The van der Waals surface area contributed by atoms with Gasteiger partial charge in [-0.15, -0.1) is 0 Å². The fourth-order valence-electron chi connectivity index (χ4n) is 3.90. The van der Waals surface area contributed by atoms with Crippen LogP contribution in [0.25, 0.3) is 11.0 Å². The number of carbonyl (C=O) groups is 1. The minimum atomic E-state index is -0.0876. The standard InChI is InChI=1S/C29H25ClN4OS/c1-20-6-8-21(9-7-20)16-32-28(35)23-12-10-22(11-13-23)18-34-27-17-31-15-14-26(27)33-29(34)36-19-24-4-2-3-5-25(24)30/h2-15,17H,16,18-19H2,1H3,(H,32,35). The number of aryl methyl sites for hydroxylation is 1. The Bertz CT molecular complexity index is 1500. The maximum Gasteiger partial charge on any atom is 0.251 e. The third-order valence-corrected chi connectivity index (χ3v) is 7.35. The van der Waals surface area contributed by atoms with Gasteiger partial charge in [0, 0.05) is 29.1 Å². The third kappa shape index (κ3) is 5.61. The molecule has 0 bridgehead atoms. The smallest absolute Gasteiger partial charge is 0.251 e. The van der Waals surface area contributed by atoms with Crippen LogP contribution < -0.4 is 5.32 Å². The Morgan fingerprint density at radius 2 is 1.72 bits per heavy atom. The first-order chi connectivity index (χ1) is 17.6. The Balaban J connectivity index is 1.30. The van der Waals surface area contributed by atoms with E-state index in [9.17, 15) is 4.79 Å². The average Bonchev–Trinajstić information content (AvgIpc) is 3.25. The van der Waals surface area contributed by atoms with Crippen molar-refractivity contribution in [2.45, 2.75) is 30.9 Å². The molecule has 0 atom stereocenters. The summed E-state index contributed by atoms with van der Waals surface area (Å²) in [6.07, 6.45) is 3.60. The Morgan fingerprint density at radius 3 is 2.50 bits per heavy atom. The molecule has 0 spiro atoms. The van der Waals surface area contributed by atoms with Crippen LogP contribution >= 0.6 is 23.4 Å². The number of halogens is 1. The molecule has 3 aromatic carbocycles. The highest BCUT2D eigenvalue weighted by Gasteiger charge is 2.14. The maximum absolute atomic E-state index is 12.6. The molecule has 36 heavy (non-hydrogen) atoms. The minimum absolute atomic E-state index is 0.0876. The number of pyridine rings is 1. The number of rotatable bonds is 8. The summed E-state index contributed by atoms with van der Waals surface area (Å²) in [6, 6.07) is 25.7. The van der Waals surface area contributed by atoms with Crippen molar-refractivity contribution in [3.05, 3.63) is 124 Å². The highest BCUT2D eigenvalue weighted by Crippen LogP contribution is 2.29. The molecule has 5 nitrogen and oxygen atoms in total. The van der Waals surface area contributed by atoms with Gasteiger partial charge in [-0.2, -0.15) is 0 Å². The predicted octanol–water partition coefficient (Wildman–Crippen LogP) is 6.66. The number of nitrogens with one attached hydrogen (secondary N) is 1. The van der Waals surface area contributed by atoms with Crippen LogP contribution in [-0.2, 0) is 18.8 Å². The van der Waals surface area contributed by atoms with Crippen LogP contribution in [0.3, 0.4) is 0 Å². The van der Waals surface area contributed by atoms with E-state index in [4.69, 9.17) is 16.6 Å². The first-order valence-electron chi connectivity index (χ1n) is 11.7. The van der Waals surface area contributed by atoms with Crippen LogP contribution in [0.2, 0.25) is 5.02 Å². The number of hydrogen-bond acceptors (Lipinski definition) is 4. The van der Waals surface area contributed by atoms with Gasteiger partial charge in [-0.05, 0) is 47.9 Å². The van der Waals surface area contributed by atoms with Crippen molar-refractivity contribution in [3.8, 4) is 0 Å². The second-order valence-corrected chi connectivity index (χ2v) is 9.94. The lowest BCUT2D eigenvalue weighted by molar-refractivity contribution is 0.0951. The van der Waals surface area contributed by atoms with Gasteiger partial charge in [0.15, 0.2) is 5.16 Å². The van der Waals surface area contributed by atoms with Gasteiger partial charge >= 0.3 is 0 Å². The summed E-state index contributed by atoms with van der Waals surface area (Å²) in [5.74, 6) is 0.631. The molecule has 0 fully saturated rings. The van der Waals surface area contributed by atoms with Crippen LogP contribution in [0.5, 0.6) is 0 Å². The van der Waals surface area contributed by atoms with Gasteiger partial charge in [-0.1, -0.05) is 83.5 Å². The van der Waals surface area contributed by atoms with Crippen molar-refractivity contribution in [2.24, 2.45) is 0 Å². The number of aromatic nitrogens is 3. The summed E-state index contributed by atoms with van der Waals surface area (Å²) in [4.78, 5) is 21.8. The summed E-state index contributed by atoms with van der Waals surface area (Å²) in [5, 5.41) is 4.65. The molecular formula is C29H25ClN4OS. The van der Waals surface area contributed by atoms with Crippen LogP contribution in [0.1, 0.15) is 32.6 Å². The summed E-state index contributed by atoms with van der Waals surface area (Å²) < 4.78 is 2.16. The van der Waals surface area contributed by atoms with E-state index < -0.39 is 0 Å². The summed E-state index contributed by atoms with van der Waals surface area (Å²) >= 11 is 8.01. The lowest BCUT2D eigenvalue weighted by Crippen LogP contribution is -2.22. The van der Waals surface area contributed by atoms with Crippen molar-refractivity contribution < 1.29 is 4.79 Å². The second kappa shape index (κ2) is 11.0. The zero-order valence-corrected chi connectivity index (χ0v) is 21.4. The molecular weight excluding hydrogens is 488 g/mol. The lowest BCUT2D eigenvalue weighted by atomic mass is 10.1. The third-order valence-electron chi connectivity index (χ3n) is 5.96. The fraction of sp³-hybridized carbons (Fsp3) is 0.138. The van der Waals surface area contributed by atoms with Crippen molar-refractivity contribution in [2.75, 3.05) is 0 Å². The number of nitrogens with zero attached hydrogens (tertiary/aromatic N) is 3. The Hall–Kier alpha value is -3.61. The van der Waals surface area contributed by atoms with Crippen LogP contribution in [-0.4, -0.2) is 20.4 Å². The monoisotopic (exact) mass is 512 g/mol. The molecule has 0 saturated heterocycles. The molecule has 0 unspecified atom stereocenters. The van der Waals surface area contributed by atoms with E-state index in [0.717, 1.165) is 43.7 Å². The van der Waals surface area contributed by atoms with Gasteiger partial charge in [0.25, 0.3) is 5.91 Å². The number of amides is 1. The lowest BCUT2D eigenvalue weighted by Gasteiger charge is -2.11. The number of hydrogen-bond donors (Lipinski definition) is 1. The van der Waals surface area contributed by atoms with E-state index in [0.29, 0.717) is 18.7 Å². The minimum Gasteiger partial charge on any atom is -0.348 e. The van der Waals surface area contributed by atoms with Gasteiger partial charge in [0.1, 0.15) is 0 Å². The molecule has 0 aliphatic heterocycles. The normalized spacial score (nSPS) is 11.1. The predicted molar refractivity (Wildman–Crippen MR) is 146 cm³/mol. The van der Waals surface area contributed by atoms with Gasteiger partial charge in [-0.3, -0.25) is 9.78 Å². The largest absolute Gasteiger partial charge is 0.348 e. The second-order valence-electron chi connectivity index (χ2n) is 8.59. The molecule has 2 heterocycles. The van der Waals surface area contributed by atoms with E-state index in [-0.39, 0.29) is 5.91 Å². The molecule has 0 saturated carbocycles. The topological polar surface area (TPSA) is 59.8 Å². The SMILES string of the molecule is Cc1ccc(CNC(=O)c2ccc(Cn3c(SCc4ccccc4Cl)nc4ccncc43)cc2)cc1. The van der Waals surface area contributed by atoms with Crippen molar-refractivity contribution in [1.29, 1.82) is 0 Å². The van der Waals surface area contributed by atoms with Gasteiger partial charge in [0.05, 0.1) is 23.8 Å². The van der Waals surface area contributed by atoms with E-state index in [1.807, 2.05) is 92.0 Å². The molecule has 5 aromatic rings. The van der Waals surface area contributed by atoms with Gasteiger partial charge in [-0.25, -0.2) is 4.98 Å². The summed E-state index contributed by atoms with van der Waals surface area (Å²) in [6.45, 7) is 3.17. The van der Waals surface area contributed by atoms with E-state index in [1.54, 1.807) is 18.0 Å². The highest BCUT2D eigenvalue weighted by atomic mass is 35.5. The number of benzene rings is 3. The molecule has 180 valence electrons. The number of fused-ring (bicyclic) bond motifs is 1. The van der Waals surface area contributed by atoms with Crippen LogP contribution in [0.15, 0.2) is 96.4 Å². The van der Waals surface area contributed by atoms with E-state index in [2.05, 4.69) is 14.9 Å². The number of carbonyl (C=O) groups excluding carboxylic acids is 1. The Kier molecular flexibility index (Phi) is 7.35. The van der Waals surface area contributed by atoms with Gasteiger partial charge < -0.3 is 9.88 Å². The summed E-state index contributed by atoms with van der Waals surface area (Å²) in [7, 11) is 0. The molecule has 5 rings (SSSR count). The molecule has 7 heteroatoms. The quantitative estimate of drug-likeness (QED) is 0.236. The van der Waals surface area contributed by atoms with Crippen molar-refractivity contribution in [3.63, 3.8) is 0 Å². The molecule has 0 aliphatic rings. The molecule has 2 aromatic heterocycles. The van der Waals surface area contributed by atoms with E-state index >= 15 is 0 Å². The zero-order chi connectivity index (χ0) is 24.9. The molecule has 1 amide bonds. The zero-order valence-electron chi connectivity index (χ0n) is 19.8. The fourth-order valence-corrected chi connectivity index (χ4v) is 5.20. The Labute approximate surface area is 219 Å². The molecule has 0 radical (unpaired) electrons. The van der Waals surface area contributed by atoms with Gasteiger partial charge in [0.2, 0.25) is 0 Å².